The van der Waals surface area contributed by atoms with Crippen LogP contribution in [0, 0.1) is 11.8 Å². The van der Waals surface area contributed by atoms with Gasteiger partial charge in [-0.2, -0.15) is 0 Å². The first-order valence-corrected chi connectivity index (χ1v) is 14.0. The number of Topliss-reactive ketones (excluding diaryl/α,β-unsaturated/α-hetero) is 2. The second-order valence-electron chi connectivity index (χ2n) is 13.6. The topological polar surface area (TPSA) is 185 Å². The Morgan fingerprint density at radius 3 is 2.24 bits per heavy atom. The molecule has 0 bridgehead atoms. The Balaban J connectivity index is 1.64. The molecule has 8 N–H and O–H groups in total. The number of rotatable bonds is 4. The summed E-state index contributed by atoms with van der Waals surface area (Å²) < 4.78 is 0. The molecule has 1 aromatic carbocycles. The van der Waals surface area contributed by atoms with Crippen LogP contribution >= 0.6 is 0 Å². The van der Waals surface area contributed by atoms with Gasteiger partial charge in [-0.3, -0.25) is 14.4 Å². The van der Waals surface area contributed by atoms with Gasteiger partial charge in [0.15, 0.2) is 11.4 Å². The molecule has 11 heteroatoms. The summed E-state index contributed by atoms with van der Waals surface area (Å²) >= 11 is 0. The van der Waals surface area contributed by atoms with Gasteiger partial charge in [-0.15, -0.1) is 0 Å². The van der Waals surface area contributed by atoms with Crippen LogP contribution in [-0.2, 0) is 20.8 Å². The number of nitrogens with zero attached hydrogens (tertiary/aromatic N) is 1. The number of amides is 1. The number of aromatic hydroxyl groups is 1. The van der Waals surface area contributed by atoms with Crippen LogP contribution in [-0.4, -0.2) is 74.7 Å². The minimum atomic E-state index is -2.59. The van der Waals surface area contributed by atoms with Crippen molar-refractivity contribution < 1.29 is 34.8 Å². The van der Waals surface area contributed by atoms with E-state index in [-0.39, 0.29) is 53.3 Å². The number of piperidine rings is 1. The maximum Gasteiger partial charge on any atom is 0.255 e. The lowest BCUT2D eigenvalue weighted by Crippen LogP contribution is -2.60. The van der Waals surface area contributed by atoms with Crippen LogP contribution in [0.25, 0.3) is 5.76 Å². The second-order valence-corrected chi connectivity index (χ2v) is 13.6. The van der Waals surface area contributed by atoms with Gasteiger partial charge in [0.05, 0.1) is 11.3 Å². The maximum atomic E-state index is 13.9. The fourth-order valence-electron chi connectivity index (χ4n) is 7.82. The largest absolute Gasteiger partial charge is 0.508 e. The summed E-state index contributed by atoms with van der Waals surface area (Å²) in [6.07, 6.45) is 1.55. The van der Waals surface area contributed by atoms with Crippen molar-refractivity contribution in [3.63, 3.8) is 0 Å². The van der Waals surface area contributed by atoms with Crippen molar-refractivity contribution in [1.82, 2.24) is 5.32 Å². The number of nitrogens with one attached hydrogen (secondary N) is 2. The van der Waals surface area contributed by atoms with Crippen LogP contribution in [0.5, 0.6) is 5.75 Å². The third-order valence-electron chi connectivity index (χ3n) is 9.07. The first-order valence-electron chi connectivity index (χ1n) is 14.0. The van der Waals surface area contributed by atoms with Gasteiger partial charge >= 0.3 is 0 Å². The maximum absolute atomic E-state index is 13.9. The summed E-state index contributed by atoms with van der Waals surface area (Å²) in [5.74, 6) is -6.36. The number of carbonyl (C=O) groups excluding carboxylic acids is 3. The van der Waals surface area contributed by atoms with Crippen molar-refractivity contribution in [2.75, 3.05) is 24.3 Å². The summed E-state index contributed by atoms with van der Waals surface area (Å²) in [5, 5.41) is 52.6. The highest BCUT2D eigenvalue weighted by Gasteiger charge is 2.60. The molecule has 41 heavy (non-hydrogen) atoms. The molecule has 0 radical (unpaired) electrons. The molecule has 0 aromatic heterocycles. The molecule has 1 aliphatic heterocycles. The zero-order valence-corrected chi connectivity index (χ0v) is 24.4. The fraction of sp³-hybridized carbons (Fsp3) is 0.567. The number of primary amides is 1. The van der Waals surface area contributed by atoms with Gasteiger partial charge < -0.3 is 41.7 Å². The van der Waals surface area contributed by atoms with E-state index in [0.29, 0.717) is 11.3 Å². The van der Waals surface area contributed by atoms with Crippen molar-refractivity contribution in [2.45, 2.75) is 82.5 Å². The Kier molecular flexibility index (Phi) is 6.51. The Bertz CT molecular complexity index is 1420. The number of phenolic OH excluding ortho intramolecular Hbond substituents is 1. The van der Waals surface area contributed by atoms with Gasteiger partial charge in [-0.1, -0.05) is 0 Å². The molecule has 1 saturated carbocycles. The molecule has 11 nitrogen and oxygen atoms in total. The van der Waals surface area contributed by atoms with Crippen LogP contribution in [0.4, 0.5) is 11.4 Å². The van der Waals surface area contributed by atoms with E-state index in [9.17, 15) is 34.8 Å². The number of anilines is 2. The predicted octanol–water partition coefficient (Wildman–Crippen LogP) is 2.21. The van der Waals surface area contributed by atoms with Crippen LogP contribution in [0.2, 0.25) is 0 Å². The minimum Gasteiger partial charge on any atom is -0.508 e. The smallest absolute Gasteiger partial charge is 0.255 e. The molecule has 2 fully saturated rings. The van der Waals surface area contributed by atoms with E-state index in [0.717, 1.165) is 18.5 Å². The molecule has 0 spiro atoms. The average molecular weight is 569 g/mol. The van der Waals surface area contributed by atoms with Crippen LogP contribution in [0.15, 0.2) is 23.0 Å². The van der Waals surface area contributed by atoms with E-state index in [1.54, 1.807) is 0 Å². The second kappa shape index (κ2) is 9.22. The number of hydrogen-bond acceptors (Lipinski definition) is 10. The molecule has 3 unspecified atom stereocenters. The van der Waals surface area contributed by atoms with Crippen molar-refractivity contribution in [1.29, 1.82) is 0 Å². The zero-order chi connectivity index (χ0) is 30.4. The van der Waals surface area contributed by atoms with E-state index in [4.69, 9.17) is 5.73 Å². The molecule has 1 aromatic rings. The first-order chi connectivity index (χ1) is 18.9. The molecule has 4 aliphatic rings. The molecule has 222 valence electrons. The SMILES string of the molecule is CN(C)c1cc(NC2CC(C)(C)NC(C)(C)C2)c(O)c2c1CC1CC3CC(=O)C(C(N)=O)=C(O)C3(O)C(=O)C1=C2O. The Labute approximate surface area is 239 Å². The van der Waals surface area contributed by atoms with Crippen molar-refractivity contribution in [3.8, 4) is 5.75 Å². The number of aliphatic hydroxyl groups excluding tert-OH is 2. The van der Waals surface area contributed by atoms with Crippen LogP contribution < -0.4 is 21.3 Å². The van der Waals surface area contributed by atoms with E-state index >= 15 is 0 Å². The quantitative estimate of drug-likeness (QED) is 0.210. The van der Waals surface area contributed by atoms with E-state index in [1.165, 1.54) is 0 Å². The summed E-state index contributed by atoms with van der Waals surface area (Å²) in [6.45, 7) is 8.48. The number of benzene rings is 1. The van der Waals surface area contributed by atoms with Gasteiger partial charge in [0, 0.05) is 54.8 Å². The number of fused-ring (bicyclic) bond motifs is 3. The number of aliphatic hydroxyl groups is 3. The fourth-order valence-corrected chi connectivity index (χ4v) is 7.82. The monoisotopic (exact) mass is 568 g/mol. The molecular weight excluding hydrogens is 528 g/mol. The number of hydrogen-bond donors (Lipinski definition) is 7. The van der Waals surface area contributed by atoms with Gasteiger partial charge in [-0.25, -0.2) is 0 Å². The van der Waals surface area contributed by atoms with E-state index < -0.39 is 52.0 Å². The standard InChI is InChI=1S/C30H40N4O7/c1-28(2)11-15(12-29(3,4)33-28)32-17-10-18(34(5)6)16-8-13-7-14-9-19(35)22(27(31)40)26(39)30(14,41)25(38)20(13)24(37)21(16)23(17)36/h10,13-15,32-33,36-37,39,41H,7-9,11-12H2,1-6H3,(H2,31,40). The average Bonchev–Trinajstić information content (AvgIpc) is 2.80. The Morgan fingerprint density at radius 1 is 1.07 bits per heavy atom. The highest BCUT2D eigenvalue weighted by Crippen LogP contribution is 2.54. The van der Waals surface area contributed by atoms with Crippen LogP contribution in [0.3, 0.4) is 0 Å². The lowest BCUT2D eigenvalue weighted by molar-refractivity contribution is -0.147. The number of carbonyl (C=O) groups is 3. The molecule has 5 rings (SSSR count). The molecule has 1 heterocycles. The zero-order valence-electron chi connectivity index (χ0n) is 24.4. The van der Waals surface area contributed by atoms with Gasteiger partial charge in [0.25, 0.3) is 5.91 Å². The third kappa shape index (κ3) is 4.46. The van der Waals surface area contributed by atoms with Gasteiger partial charge in [0.2, 0.25) is 5.78 Å². The van der Waals surface area contributed by atoms with Gasteiger partial charge in [0.1, 0.15) is 22.8 Å². The van der Waals surface area contributed by atoms with Crippen molar-refractivity contribution in [3.05, 3.63) is 34.1 Å². The number of ketones is 2. The summed E-state index contributed by atoms with van der Waals surface area (Å²) in [5.41, 5.74) is 3.28. The molecule has 3 aliphatic carbocycles. The summed E-state index contributed by atoms with van der Waals surface area (Å²) in [7, 11) is 3.70. The van der Waals surface area contributed by atoms with Crippen molar-refractivity contribution >= 4 is 34.6 Å². The molecule has 3 atom stereocenters. The third-order valence-corrected chi connectivity index (χ3v) is 9.07. The lowest BCUT2D eigenvalue weighted by atomic mass is 9.59. The van der Waals surface area contributed by atoms with Crippen molar-refractivity contribution in [2.24, 2.45) is 17.6 Å². The minimum absolute atomic E-state index is 0.00166. The summed E-state index contributed by atoms with van der Waals surface area (Å²) in [4.78, 5) is 40.2. The van der Waals surface area contributed by atoms with E-state index in [1.807, 2.05) is 25.1 Å². The molecular formula is C30H40N4O7. The normalized spacial score (nSPS) is 29.0. The highest BCUT2D eigenvalue weighted by molar-refractivity contribution is 6.22. The van der Waals surface area contributed by atoms with Gasteiger partial charge in [-0.05, 0) is 70.9 Å². The van der Waals surface area contributed by atoms with E-state index in [2.05, 4.69) is 38.3 Å². The van der Waals surface area contributed by atoms with Crippen LogP contribution in [0.1, 0.15) is 64.5 Å². The molecule has 1 saturated heterocycles. The predicted molar refractivity (Wildman–Crippen MR) is 154 cm³/mol. The number of phenols is 1. The Morgan fingerprint density at radius 2 is 1.68 bits per heavy atom. The Hall–Kier alpha value is -3.57. The molecule has 1 amide bonds. The highest BCUT2D eigenvalue weighted by atomic mass is 16.3. The lowest BCUT2D eigenvalue weighted by Gasteiger charge is -2.47. The number of nitrogens with two attached hydrogens (primary N) is 1. The summed E-state index contributed by atoms with van der Waals surface area (Å²) in [6, 6.07) is 1.84. The first kappa shape index (κ1) is 28.9.